The van der Waals surface area contributed by atoms with Crippen LogP contribution in [-0.2, 0) is 51.4 Å². The van der Waals surface area contributed by atoms with E-state index in [1.807, 2.05) is 29.2 Å². The van der Waals surface area contributed by atoms with E-state index in [0.29, 0.717) is 63.8 Å². The molecule has 414 valence electrons. The predicted octanol–water partition coefficient (Wildman–Crippen LogP) is 1.10. The van der Waals surface area contributed by atoms with Gasteiger partial charge in [-0.2, -0.15) is 0 Å². The Morgan fingerprint density at radius 1 is 0.520 bits per heavy atom. The maximum atomic E-state index is 13.5. The Morgan fingerprint density at radius 2 is 1.00 bits per heavy atom. The van der Waals surface area contributed by atoms with E-state index in [2.05, 4.69) is 37.2 Å². The fraction of sp³-hybridized carbons (Fsp3) is 0.551. The molecule has 5 amide bonds. The third-order valence-electron chi connectivity index (χ3n) is 12.1. The molecule has 0 saturated carbocycles. The van der Waals surface area contributed by atoms with Crippen LogP contribution < -0.4 is 21.3 Å². The molecule has 1 fully saturated rings. The molecule has 1 aliphatic heterocycles. The molecule has 1 heterocycles. The van der Waals surface area contributed by atoms with Gasteiger partial charge in [-0.25, -0.2) is 14.4 Å². The lowest BCUT2D eigenvalue weighted by molar-refractivity contribution is -0.141. The van der Waals surface area contributed by atoms with Crippen LogP contribution in [0.5, 0.6) is 0 Å². The van der Waals surface area contributed by atoms with Crippen LogP contribution in [0.1, 0.15) is 79.3 Å². The van der Waals surface area contributed by atoms with Crippen molar-refractivity contribution in [2.24, 2.45) is 0 Å². The maximum Gasteiger partial charge on any atom is 0.326 e. The summed E-state index contributed by atoms with van der Waals surface area (Å²) in [5, 5.41) is 66.3. The first-order valence-corrected chi connectivity index (χ1v) is 25.4. The Labute approximate surface area is 442 Å². The van der Waals surface area contributed by atoms with E-state index in [1.165, 1.54) is 0 Å². The molecular weight excluding hydrogens is 1050 g/mol. The van der Waals surface area contributed by atoms with Crippen molar-refractivity contribution in [2.45, 2.75) is 83.0 Å². The van der Waals surface area contributed by atoms with E-state index < -0.39 is 66.8 Å². The number of carboxylic acid groups (broad SMARTS) is 6. The van der Waals surface area contributed by atoms with Crippen molar-refractivity contribution in [2.75, 3.05) is 91.6 Å². The molecule has 0 radical (unpaired) electrons. The highest BCUT2D eigenvalue weighted by atomic mass is 79.9. The van der Waals surface area contributed by atoms with Gasteiger partial charge in [0, 0.05) is 101 Å². The molecule has 2 aromatic rings. The second kappa shape index (κ2) is 34.0. The van der Waals surface area contributed by atoms with Crippen LogP contribution in [-0.4, -0.2) is 218 Å². The van der Waals surface area contributed by atoms with Crippen molar-refractivity contribution >= 4 is 75.5 Å². The highest BCUT2D eigenvalue weighted by Crippen LogP contribution is 2.16. The summed E-state index contributed by atoms with van der Waals surface area (Å²) >= 11 is 3.41. The maximum absolute atomic E-state index is 13.5. The zero-order valence-electron chi connectivity index (χ0n) is 41.8. The Morgan fingerprint density at radius 3 is 1.48 bits per heavy atom. The molecule has 75 heavy (non-hydrogen) atoms. The number of carbonyl (C=O) groups is 10. The van der Waals surface area contributed by atoms with Crippen LogP contribution in [0, 0.1) is 0 Å². The number of unbranched alkanes of at least 4 members (excludes halogenated alkanes) is 3. The number of nitrogens with one attached hydrogen (secondary N) is 4. The fourth-order valence-corrected chi connectivity index (χ4v) is 8.22. The normalized spacial score (nSPS) is 14.9. The molecule has 2 aromatic carbocycles. The number of nitrogens with zero attached hydrogens (tertiary/aromatic N) is 5. The van der Waals surface area contributed by atoms with Gasteiger partial charge in [0.1, 0.15) is 12.1 Å². The minimum Gasteiger partial charge on any atom is -0.481 e. The second-order valence-electron chi connectivity index (χ2n) is 18.1. The van der Waals surface area contributed by atoms with Gasteiger partial charge in [-0.05, 0) is 73.9 Å². The zero-order chi connectivity index (χ0) is 55.3. The summed E-state index contributed by atoms with van der Waals surface area (Å²) in [5.74, 6) is -7.97. The van der Waals surface area contributed by atoms with Crippen molar-refractivity contribution in [1.82, 2.24) is 45.8 Å². The van der Waals surface area contributed by atoms with Crippen LogP contribution in [0.3, 0.4) is 0 Å². The first kappa shape index (κ1) is 62.6. The van der Waals surface area contributed by atoms with Crippen molar-refractivity contribution in [3.8, 4) is 0 Å². The Kier molecular flexibility index (Phi) is 28.3. The number of hydrogen-bond acceptors (Lipinski definition) is 14. The number of hydrogen-bond donors (Lipinski definition) is 10. The summed E-state index contributed by atoms with van der Waals surface area (Å²) < 4.78 is 0.861. The third kappa shape index (κ3) is 26.9. The molecule has 2 atom stereocenters. The molecule has 1 saturated heterocycles. The topological polar surface area (TPSA) is 356 Å². The van der Waals surface area contributed by atoms with Crippen LogP contribution in [0.15, 0.2) is 53.0 Å². The number of carbonyl (C=O) groups excluding carboxylic acids is 4. The molecule has 1 aliphatic rings. The number of halogens is 1. The first-order valence-electron chi connectivity index (χ1n) is 24.6. The van der Waals surface area contributed by atoms with E-state index in [0.717, 1.165) is 15.6 Å². The Balaban J connectivity index is 1.45. The van der Waals surface area contributed by atoms with Gasteiger partial charge in [0.2, 0.25) is 11.8 Å². The zero-order valence-corrected chi connectivity index (χ0v) is 43.4. The molecule has 3 rings (SSSR count). The summed E-state index contributed by atoms with van der Waals surface area (Å²) in [5.41, 5.74) is 2.00. The van der Waals surface area contributed by atoms with Crippen LogP contribution in [0.2, 0.25) is 0 Å². The van der Waals surface area contributed by atoms with Crippen LogP contribution in [0.4, 0.5) is 4.79 Å². The second-order valence-corrected chi connectivity index (χ2v) is 19.0. The van der Waals surface area contributed by atoms with Crippen LogP contribution in [0.25, 0.3) is 0 Å². The van der Waals surface area contributed by atoms with E-state index in [-0.39, 0.29) is 109 Å². The van der Waals surface area contributed by atoms with Gasteiger partial charge >= 0.3 is 41.8 Å². The van der Waals surface area contributed by atoms with Crippen molar-refractivity contribution < 1.29 is 78.6 Å². The average Bonchev–Trinajstić information content (AvgIpc) is 3.34. The van der Waals surface area contributed by atoms with Gasteiger partial charge in [0.05, 0.1) is 26.2 Å². The number of carboxylic acids is 6. The monoisotopic (exact) mass is 1120 g/mol. The number of aliphatic carboxylic acids is 6. The largest absolute Gasteiger partial charge is 0.481 e. The molecular formula is C49H70BrN9O16. The van der Waals surface area contributed by atoms with Crippen molar-refractivity contribution in [1.29, 1.82) is 0 Å². The summed E-state index contributed by atoms with van der Waals surface area (Å²) in [6, 6.07) is 10.2. The number of urea groups is 1. The minimum absolute atomic E-state index is 0.0220. The predicted molar refractivity (Wildman–Crippen MR) is 273 cm³/mol. The van der Waals surface area contributed by atoms with E-state index >= 15 is 0 Å². The highest BCUT2D eigenvalue weighted by molar-refractivity contribution is 9.10. The van der Waals surface area contributed by atoms with E-state index in [1.54, 1.807) is 43.9 Å². The van der Waals surface area contributed by atoms with Crippen molar-refractivity contribution in [3.63, 3.8) is 0 Å². The Bertz CT molecular complexity index is 2190. The highest BCUT2D eigenvalue weighted by Gasteiger charge is 2.26. The fourth-order valence-electron chi connectivity index (χ4n) is 7.95. The van der Waals surface area contributed by atoms with Crippen molar-refractivity contribution in [3.05, 3.63) is 69.7 Å². The number of amides is 5. The van der Waals surface area contributed by atoms with E-state index in [4.69, 9.17) is 5.11 Å². The summed E-state index contributed by atoms with van der Waals surface area (Å²) in [4.78, 5) is 129. The molecule has 0 bridgehead atoms. The van der Waals surface area contributed by atoms with Gasteiger partial charge in [0.15, 0.2) is 0 Å². The first-order chi connectivity index (χ1) is 35.7. The van der Waals surface area contributed by atoms with Gasteiger partial charge in [-0.15, -0.1) is 0 Å². The smallest absolute Gasteiger partial charge is 0.326 e. The lowest BCUT2D eigenvalue weighted by Crippen LogP contribution is -2.51. The quantitative estimate of drug-likeness (QED) is 0.0473. The standard InChI is InChI=1S/C49H70BrN9O16/c50-37-14-10-35(11-15-37)29-59(19-5-3-6-38(47(71)72)53-49(75)54-39(48(73)74)16-17-42(62)63)41(61)7-2-1-4-18-51-46(70)36-12-8-34(9-13-36)28-52-40(60)30-55-20-22-56(31-43(64)65)24-26-58(33-45(68)69)27-25-57(23-21-55)32-44(66)67/h8-15,38-39H,1-7,16-33H2,(H,51,70)(H,52,60)(H,62,63)(H,64,65)(H,66,67)(H,68,69)(H,71,72)(H,73,74)(H2,53,54,75)/t38-,39-/m0/s1. The van der Waals surface area contributed by atoms with Gasteiger partial charge < -0.3 is 56.8 Å². The lowest BCUT2D eigenvalue weighted by Gasteiger charge is -2.32. The summed E-state index contributed by atoms with van der Waals surface area (Å²) in [6.07, 6.45) is 1.74. The van der Waals surface area contributed by atoms with Gasteiger partial charge in [-0.1, -0.05) is 46.6 Å². The molecule has 0 unspecified atom stereocenters. The van der Waals surface area contributed by atoms with Gasteiger partial charge in [-0.3, -0.25) is 53.2 Å². The summed E-state index contributed by atoms with van der Waals surface area (Å²) in [6.45, 7) is 2.37. The summed E-state index contributed by atoms with van der Waals surface area (Å²) in [7, 11) is 0. The van der Waals surface area contributed by atoms with Gasteiger partial charge in [0.25, 0.3) is 5.91 Å². The Hall–Kier alpha value is -6.74. The number of rotatable bonds is 31. The average molecular weight is 1120 g/mol. The molecule has 10 N–H and O–H groups in total. The number of benzene rings is 2. The molecule has 0 aliphatic carbocycles. The lowest BCUT2D eigenvalue weighted by atomic mass is 10.1. The molecule has 0 spiro atoms. The SMILES string of the molecule is O=C(O)CC[C@H](NC(=O)N[C@@H](CCCCN(Cc1ccc(Br)cc1)C(=O)CCCCCNC(=O)c1ccc(CNC(=O)CN2CCN(CC(=O)O)CCN(CC(=O)O)CCN(CC(=O)O)CC2)cc1)C(=O)O)C(=O)O. The molecule has 25 nitrogen and oxygen atoms in total. The molecule has 26 heteroatoms. The minimum atomic E-state index is -1.53. The molecule has 0 aromatic heterocycles. The third-order valence-corrected chi connectivity index (χ3v) is 12.6. The van der Waals surface area contributed by atoms with Crippen LogP contribution >= 0.6 is 15.9 Å². The van der Waals surface area contributed by atoms with E-state index in [9.17, 15) is 73.5 Å².